The van der Waals surface area contributed by atoms with Crippen LogP contribution >= 0.6 is 11.6 Å². The van der Waals surface area contributed by atoms with Crippen LogP contribution in [0.5, 0.6) is 0 Å². The number of halogens is 1. The maximum absolute atomic E-state index is 13.2. The van der Waals surface area contributed by atoms with Crippen molar-refractivity contribution < 1.29 is 4.79 Å². The molecule has 1 N–H and O–H groups in total. The fourth-order valence-electron chi connectivity index (χ4n) is 4.37. The molecule has 4 aromatic carbocycles. The van der Waals surface area contributed by atoms with Crippen molar-refractivity contribution in [3.05, 3.63) is 137 Å². The Kier molecular flexibility index (Phi) is 7.21. The largest absolute Gasteiger partial charge is 0.321 e. The maximum Gasteiger partial charge on any atom is 0.266 e. The average Bonchev–Trinajstić information content (AvgIpc) is 3.34. The van der Waals surface area contributed by atoms with Crippen molar-refractivity contribution in [3.63, 3.8) is 0 Å². The number of nitrogens with zero attached hydrogens (tertiary/aromatic N) is 2. The molecule has 0 saturated carbocycles. The van der Waals surface area contributed by atoms with Crippen LogP contribution in [0.1, 0.15) is 11.1 Å². The van der Waals surface area contributed by atoms with Crippen molar-refractivity contribution in [1.29, 1.82) is 5.26 Å². The van der Waals surface area contributed by atoms with Crippen molar-refractivity contribution >= 4 is 29.3 Å². The van der Waals surface area contributed by atoms with Crippen LogP contribution in [0.4, 0.5) is 5.69 Å². The van der Waals surface area contributed by atoms with Gasteiger partial charge in [-0.05, 0) is 60.0 Å². The minimum Gasteiger partial charge on any atom is -0.321 e. The molecule has 5 aromatic rings. The molecule has 4 nitrogen and oxygen atoms in total. The van der Waals surface area contributed by atoms with E-state index in [2.05, 4.69) is 28.1 Å². The molecule has 0 aliphatic carbocycles. The summed E-state index contributed by atoms with van der Waals surface area (Å²) in [6.45, 7) is 1.89. The molecule has 38 heavy (non-hydrogen) atoms. The molecule has 0 aliphatic rings. The third kappa shape index (κ3) is 5.15. The second-order valence-electron chi connectivity index (χ2n) is 8.82. The highest BCUT2D eigenvalue weighted by atomic mass is 35.5. The quantitative estimate of drug-likeness (QED) is 0.183. The first-order chi connectivity index (χ1) is 18.5. The predicted molar refractivity (Wildman–Crippen MR) is 155 cm³/mol. The summed E-state index contributed by atoms with van der Waals surface area (Å²) in [6.07, 6.45) is 1.65. The minimum atomic E-state index is -0.500. The topological polar surface area (TPSA) is 57.8 Å². The van der Waals surface area contributed by atoms with Gasteiger partial charge in [0.15, 0.2) is 0 Å². The van der Waals surface area contributed by atoms with Gasteiger partial charge in [0, 0.05) is 22.0 Å². The van der Waals surface area contributed by atoms with Gasteiger partial charge in [-0.3, -0.25) is 4.79 Å². The smallest absolute Gasteiger partial charge is 0.266 e. The molecular formula is C33H24ClN3O. The van der Waals surface area contributed by atoms with E-state index < -0.39 is 5.91 Å². The Morgan fingerprint density at radius 2 is 1.45 bits per heavy atom. The van der Waals surface area contributed by atoms with Crippen LogP contribution in [0.25, 0.3) is 34.3 Å². The highest BCUT2D eigenvalue weighted by Crippen LogP contribution is 2.37. The Morgan fingerprint density at radius 1 is 0.842 bits per heavy atom. The molecule has 0 saturated heterocycles. The molecule has 1 heterocycles. The highest BCUT2D eigenvalue weighted by Gasteiger charge is 2.20. The van der Waals surface area contributed by atoms with Gasteiger partial charge in [-0.25, -0.2) is 0 Å². The summed E-state index contributed by atoms with van der Waals surface area (Å²) in [4.78, 5) is 13.2. The maximum atomic E-state index is 13.2. The van der Waals surface area contributed by atoms with E-state index >= 15 is 0 Å². The average molecular weight is 514 g/mol. The van der Waals surface area contributed by atoms with Crippen LogP contribution in [0.15, 0.2) is 121 Å². The van der Waals surface area contributed by atoms with E-state index in [4.69, 9.17) is 11.6 Å². The van der Waals surface area contributed by atoms with E-state index in [0.717, 1.165) is 39.3 Å². The van der Waals surface area contributed by atoms with Crippen molar-refractivity contribution in [2.75, 3.05) is 5.32 Å². The number of hydrogen-bond donors (Lipinski definition) is 1. The second-order valence-corrected chi connectivity index (χ2v) is 9.23. The Morgan fingerprint density at radius 3 is 2.05 bits per heavy atom. The number of nitriles is 1. The van der Waals surface area contributed by atoms with Crippen molar-refractivity contribution in [1.82, 2.24) is 4.57 Å². The van der Waals surface area contributed by atoms with Gasteiger partial charge >= 0.3 is 0 Å². The minimum absolute atomic E-state index is 0.0105. The summed E-state index contributed by atoms with van der Waals surface area (Å²) in [5.74, 6) is -0.500. The van der Waals surface area contributed by atoms with Gasteiger partial charge in [-0.15, -0.1) is 0 Å². The van der Waals surface area contributed by atoms with Crippen molar-refractivity contribution in [3.8, 4) is 34.3 Å². The lowest BCUT2D eigenvalue weighted by atomic mass is 10.0. The lowest BCUT2D eigenvalue weighted by Gasteiger charge is -2.15. The van der Waals surface area contributed by atoms with Gasteiger partial charge in [0.05, 0.1) is 11.4 Å². The Labute approximate surface area is 227 Å². The van der Waals surface area contributed by atoms with E-state index in [-0.39, 0.29) is 5.57 Å². The summed E-state index contributed by atoms with van der Waals surface area (Å²) in [7, 11) is 0. The van der Waals surface area contributed by atoms with Gasteiger partial charge in [0.25, 0.3) is 5.91 Å². The van der Waals surface area contributed by atoms with E-state index in [1.807, 2.05) is 97.9 Å². The monoisotopic (exact) mass is 513 g/mol. The molecule has 0 fully saturated rings. The standard InChI is InChI=1S/C33H24ClN3O/c1-23-17-18-28(21-30(23)34)36-33(38)27(22-35)19-26-20-31(24-11-5-2-6-12-24)37(29-15-9-4-10-16-29)32(26)25-13-7-3-8-14-25/h2-21H,1H3,(H,36,38)/b27-19+. The molecular weight excluding hydrogens is 490 g/mol. The number of aryl methyl sites for hydroxylation is 1. The lowest BCUT2D eigenvalue weighted by Crippen LogP contribution is -2.13. The van der Waals surface area contributed by atoms with E-state index in [0.29, 0.717) is 10.7 Å². The first kappa shape index (κ1) is 24.8. The molecule has 0 atom stereocenters. The second kappa shape index (κ2) is 11.0. The van der Waals surface area contributed by atoms with Crippen LogP contribution in [-0.2, 0) is 4.79 Å². The molecule has 0 bridgehead atoms. The van der Waals surface area contributed by atoms with E-state index in [1.54, 1.807) is 18.2 Å². The fraction of sp³-hybridized carbons (Fsp3) is 0.0303. The zero-order valence-electron chi connectivity index (χ0n) is 20.7. The third-order valence-corrected chi connectivity index (χ3v) is 6.66. The van der Waals surface area contributed by atoms with E-state index in [9.17, 15) is 10.1 Å². The molecule has 1 aromatic heterocycles. The van der Waals surface area contributed by atoms with Gasteiger partial charge < -0.3 is 9.88 Å². The first-order valence-electron chi connectivity index (χ1n) is 12.2. The fourth-order valence-corrected chi connectivity index (χ4v) is 4.55. The lowest BCUT2D eigenvalue weighted by molar-refractivity contribution is -0.112. The molecule has 0 spiro atoms. The summed E-state index contributed by atoms with van der Waals surface area (Å²) < 4.78 is 2.17. The summed E-state index contributed by atoms with van der Waals surface area (Å²) in [5.41, 5.74) is 6.97. The molecule has 5 heteroatoms. The number of hydrogen-bond acceptors (Lipinski definition) is 2. The number of nitrogens with one attached hydrogen (secondary N) is 1. The SMILES string of the molecule is Cc1ccc(NC(=O)/C(C#N)=C/c2cc(-c3ccccc3)n(-c3ccccc3)c2-c2ccccc2)cc1Cl. The number of amides is 1. The molecule has 1 amide bonds. The number of para-hydroxylation sites is 1. The number of benzene rings is 4. The molecule has 0 unspecified atom stereocenters. The van der Waals surface area contributed by atoms with E-state index in [1.165, 1.54) is 0 Å². The van der Waals surface area contributed by atoms with Crippen LogP contribution in [0, 0.1) is 18.3 Å². The first-order valence-corrected chi connectivity index (χ1v) is 12.5. The highest BCUT2D eigenvalue weighted by molar-refractivity contribution is 6.31. The molecule has 5 rings (SSSR count). The number of aromatic nitrogens is 1. The van der Waals surface area contributed by atoms with Gasteiger partial charge in [-0.2, -0.15) is 5.26 Å². The number of carbonyl (C=O) groups is 1. The van der Waals surface area contributed by atoms with Gasteiger partial charge in [0.1, 0.15) is 11.6 Å². The van der Waals surface area contributed by atoms with Crippen molar-refractivity contribution in [2.45, 2.75) is 6.92 Å². The summed E-state index contributed by atoms with van der Waals surface area (Å²) in [5, 5.41) is 13.3. The predicted octanol–water partition coefficient (Wildman–Crippen LogP) is 8.32. The number of rotatable bonds is 6. The summed E-state index contributed by atoms with van der Waals surface area (Å²) >= 11 is 6.23. The van der Waals surface area contributed by atoms with Crippen LogP contribution in [-0.4, -0.2) is 10.5 Å². The Hall–Kier alpha value is -4.85. The summed E-state index contributed by atoms with van der Waals surface area (Å²) in [6, 6.07) is 39.5. The van der Waals surface area contributed by atoms with Crippen LogP contribution < -0.4 is 5.32 Å². The molecule has 0 aliphatic heterocycles. The third-order valence-electron chi connectivity index (χ3n) is 6.26. The molecule has 0 radical (unpaired) electrons. The van der Waals surface area contributed by atoms with Gasteiger partial charge in [-0.1, -0.05) is 96.5 Å². The normalized spacial score (nSPS) is 11.1. The number of carbonyl (C=O) groups excluding carboxylic acids is 1. The molecule has 184 valence electrons. The zero-order chi connectivity index (χ0) is 26.5. The zero-order valence-corrected chi connectivity index (χ0v) is 21.5. The van der Waals surface area contributed by atoms with Crippen LogP contribution in [0.2, 0.25) is 5.02 Å². The van der Waals surface area contributed by atoms with Gasteiger partial charge in [0.2, 0.25) is 0 Å². The number of anilines is 1. The Balaban J connectivity index is 1.69. The van der Waals surface area contributed by atoms with Crippen molar-refractivity contribution in [2.24, 2.45) is 0 Å². The van der Waals surface area contributed by atoms with Crippen LogP contribution in [0.3, 0.4) is 0 Å². The Bertz CT molecular complexity index is 1660.